The van der Waals surface area contributed by atoms with Gasteiger partial charge in [0.25, 0.3) is 0 Å². The summed E-state index contributed by atoms with van der Waals surface area (Å²) in [7, 11) is 0. The predicted octanol–water partition coefficient (Wildman–Crippen LogP) is 1.23. The summed E-state index contributed by atoms with van der Waals surface area (Å²) in [4.78, 5) is 21.5. The van der Waals surface area contributed by atoms with Gasteiger partial charge in [-0.1, -0.05) is 0 Å². The van der Waals surface area contributed by atoms with Crippen molar-refractivity contribution < 1.29 is 28.2 Å². The Morgan fingerprint density at radius 2 is 2.00 bits per heavy atom. The van der Waals surface area contributed by atoms with E-state index in [0.29, 0.717) is 12.8 Å². The molecule has 6 heteroatoms. The van der Waals surface area contributed by atoms with Gasteiger partial charge in [0.2, 0.25) is 5.78 Å². The molecular weight excluding hydrogens is 210 g/mol. The van der Waals surface area contributed by atoms with E-state index in [0.717, 1.165) is 0 Å². The van der Waals surface area contributed by atoms with Crippen molar-refractivity contribution in [2.24, 2.45) is 0 Å². The molecule has 1 aliphatic heterocycles. The van der Waals surface area contributed by atoms with Gasteiger partial charge in [-0.15, -0.1) is 0 Å². The molecule has 86 valence electrons. The Labute approximate surface area is 85.2 Å². The lowest BCUT2D eigenvalue weighted by atomic mass is 9.88. The first-order chi connectivity index (χ1) is 6.81. The molecule has 15 heavy (non-hydrogen) atoms. The van der Waals surface area contributed by atoms with Crippen molar-refractivity contribution >= 4 is 11.8 Å². The van der Waals surface area contributed by atoms with E-state index in [9.17, 15) is 18.4 Å². The summed E-state index contributed by atoms with van der Waals surface area (Å²) in [5.74, 6) is -8.46. The highest BCUT2D eigenvalue weighted by atomic mass is 19.3. The van der Waals surface area contributed by atoms with Crippen molar-refractivity contribution in [1.82, 2.24) is 0 Å². The van der Waals surface area contributed by atoms with Crippen LogP contribution in [-0.4, -0.2) is 35.0 Å². The second-order valence-corrected chi connectivity index (χ2v) is 3.75. The number of carboxylic acids is 1. The number of alkyl halides is 2. The molecule has 0 aromatic rings. The summed E-state index contributed by atoms with van der Waals surface area (Å²) < 4.78 is 30.9. The van der Waals surface area contributed by atoms with E-state index >= 15 is 0 Å². The smallest absolute Gasteiger partial charge is 0.402 e. The van der Waals surface area contributed by atoms with Gasteiger partial charge in [0.1, 0.15) is 5.60 Å². The third kappa shape index (κ3) is 2.14. The Morgan fingerprint density at radius 1 is 1.40 bits per heavy atom. The minimum atomic E-state index is -4.37. The molecule has 0 amide bonds. The Morgan fingerprint density at radius 3 is 2.40 bits per heavy atom. The van der Waals surface area contributed by atoms with Crippen LogP contribution in [0.2, 0.25) is 0 Å². The van der Waals surface area contributed by atoms with Gasteiger partial charge in [-0.05, 0) is 26.2 Å². The fourth-order valence-corrected chi connectivity index (χ4v) is 1.54. The molecule has 1 aliphatic rings. The van der Waals surface area contributed by atoms with Crippen molar-refractivity contribution in [3.05, 3.63) is 0 Å². The van der Waals surface area contributed by atoms with Crippen molar-refractivity contribution in [2.45, 2.75) is 37.7 Å². The summed E-state index contributed by atoms with van der Waals surface area (Å²) in [6.45, 7) is 1.42. The molecule has 0 aliphatic carbocycles. The first-order valence-electron chi connectivity index (χ1n) is 4.61. The van der Waals surface area contributed by atoms with Gasteiger partial charge in [0.05, 0.1) is 0 Å². The SMILES string of the molecule is CC1(C(=O)C(F)(F)C(=O)O)CCCCO1. The van der Waals surface area contributed by atoms with E-state index in [4.69, 9.17) is 9.84 Å². The van der Waals surface area contributed by atoms with Gasteiger partial charge in [-0.25, -0.2) is 4.79 Å². The lowest BCUT2D eigenvalue weighted by Crippen LogP contribution is -2.53. The number of hydrogen-bond acceptors (Lipinski definition) is 3. The van der Waals surface area contributed by atoms with Gasteiger partial charge < -0.3 is 9.84 Å². The number of ether oxygens (including phenoxy) is 1. The quantitative estimate of drug-likeness (QED) is 0.729. The Bertz CT molecular complexity index is 282. The van der Waals surface area contributed by atoms with Gasteiger partial charge in [-0.2, -0.15) is 8.78 Å². The van der Waals surface area contributed by atoms with E-state index in [1.54, 1.807) is 0 Å². The van der Waals surface area contributed by atoms with Gasteiger partial charge in [0.15, 0.2) is 0 Å². The van der Waals surface area contributed by atoms with Crippen LogP contribution in [-0.2, 0) is 14.3 Å². The molecule has 1 saturated heterocycles. The number of carboxylic acid groups (broad SMARTS) is 1. The van der Waals surface area contributed by atoms with Crippen LogP contribution < -0.4 is 0 Å². The summed E-state index contributed by atoms with van der Waals surface area (Å²) in [5.41, 5.74) is -1.67. The molecule has 4 nitrogen and oxygen atoms in total. The van der Waals surface area contributed by atoms with Crippen LogP contribution in [0.3, 0.4) is 0 Å². The number of rotatable bonds is 3. The maximum absolute atomic E-state index is 12.9. The van der Waals surface area contributed by atoms with Crippen LogP contribution in [0.1, 0.15) is 26.2 Å². The number of halogens is 2. The van der Waals surface area contributed by atoms with E-state index in [1.165, 1.54) is 6.92 Å². The lowest BCUT2D eigenvalue weighted by Gasteiger charge is -2.33. The van der Waals surface area contributed by atoms with Crippen LogP contribution in [0.25, 0.3) is 0 Å². The second kappa shape index (κ2) is 3.84. The molecule has 0 aromatic heterocycles. The second-order valence-electron chi connectivity index (χ2n) is 3.75. The van der Waals surface area contributed by atoms with Gasteiger partial charge in [-0.3, -0.25) is 4.79 Å². The lowest BCUT2D eigenvalue weighted by molar-refractivity contribution is -0.186. The third-order valence-corrected chi connectivity index (χ3v) is 2.50. The van der Waals surface area contributed by atoms with Crippen LogP contribution >= 0.6 is 0 Å². The first kappa shape index (κ1) is 12.0. The highest BCUT2D eigenvalue weighted by Gasteiger charge is 2.56. The highest BCUT2D eigenvalue weighted by Crippen LogP contribution is 2.32. The van der Waals surface area contributed by atoms with Crippen molar-refractivity contribution in [1.29, 1.82) is 0 Å². The summed E-state index contributed by atoms with van der Waals surface area (Å²) in [5, 5.41) is 8.23. The van der Waals surface area contributed by atoms with E-state index in [2.05, 4.69) is 0 Å². The van der Waals surface area contributed by atoms with E-state index < -0.39 is 23.3 Å². The van der Waals surface area contributed by atoms with E-state index in [-0.39, 0.29) is 13.0 Å². The largest absolute Gasteiger partial charge is 0.476 e. The standard InChI is InChI=1S/C9H12F2O4/c1-8(4-2-3-5-15-8)6(12)9(10,11)7(13)14/h2-5H2,1H3,(H,13,14). The number of aliphatic carboxylic acids is 1. The number of hydrogen-bond donors (Lipinski definition) is 1. The molecule has 1 rings (SSSR count). The number of carbonyl (C=O) groups is 2. The molecule has 0 aromatic carbocycles. The zero-order chi connectivity index (χ0) is 11.7. The third-order valence-electron chi connectivity index (χ3n) is 2.50. The van der Waals surface area contributed by atoms with Crippen molar-refractivity contribution in [3.8, 4) is 0 Å². The average Bonchev–Trinajstić information content (AvgIpc) is 2.17. The minimum absolute atomic E-state index is 0.134. The summed E-state index contributed by atoms with van der Waals surface area (Å²) >= 11 is 0. The van der Waals surface area contributed by atoms with Crippen molar-refractivity contribution in [2.75, 3.05) is 6.61 Å². The van der Waals surface area contributed by atoms with Crippen LogP contribution in [0.15, 0.2) is 0 Å². The zero-order valence-corrected chi connectivity index (χ0v) is 8.26. The van der Waals surface area contributed by atoms with Gasteiger partial charge >= 0.3 is 11.9 Å². The monoisotopic (exact) mass is 222 g/mol. The Balaban J connectivity index is 2.87. The number of Topliss-reactive ketones (excluding diaryl/α,β-unsaturated/α-hetero) is 1. The van der Waals surface area contributed by atoms with E-state index in [1.807, 2.05) is 0 Å². The normalized spacial score (nSPS) is 27.4. The fourth-order valence-electron chi connectivity index (χ4n) is 1.54. The van der Waals surface area contributed by atoms with Crippen molar-refractivity contribution in [3.63, 3.8) is 0 Å². The van der Waals surface area contributed by atoms with Crippen LogP contribution in [0, 0.1) is 0 Å². The number of ketones is 1. The maximum Gasteiger partial charge on any atom is 0.402 e. The Kier molecular flexibility index (Phi) is 3.08. The minimum Gasteiger partial charge on any atom is -0.476 e. The molecule has 1 atom stereocenters. The molecule has 0 radical (unpaired) electrons. The molecule has 1 N–H and O–H groups in total. The highest BCUT2D eigenvalue weighted by molar-refractivity contribution is 6.08. The molecule has 1 fully saturated rings. The molecule has 1 unspecified atom stereocenters. The molecular formula is C9H12F2O4. The molecule has 0 spiro atoms. The summed E-state index contributed by atoms with van der Waals surface area (Å²) in [6, 6.07) is 0. The predicted molar refractivity (Wildman–Crippen MR) is 45.8 cm³/mol. The van der Waals surface area contributed by atoms with Gasteiger partial charge in [0, 0.05) is 6.61 Å². The molecule has 0 saturated carbocycles. The maximum atomic E-state index is 12.9. The molecule has 1 heterocycles. The zero-order valence-electron chi connectivity index (χ0n) is 8.26. The number of carbonyl (C=O) groups excluding carboxylic acids is 1. The van der Waals surface area contributed by atoms with Crippen LogP contribution in [0.5, 0.6) is 0 Å². The summed E-state index contributed by atoms with van der Waals surface area (Å²) in [6.07, 6.45) is 1.41. The Hall–Kier alpha value is -1.04. The first-order valence-corrected chi connectivity index (χ1v) is 4.61. The average molecular weight is 222 g/mol. The topological polar surface area (TPSA) is 63.6 Å². The molecule has 0 bridgehead atoms. The fraction of sp³-hybridized carbons (Fsp3) is 0.778. The van der Waals surface area contributed by atoms with Crippen LogP contribution in [0.4, 0.5) is 8.78 Å².